The number of hydrogen-bond acceptors (Lipinski definition) is 3. The Balaban J connectivity index is 3.37. The van der Waals surface area contributed by atoms with Crippen LogP contribution in [0.2, 0.25) is 0 Å². The molecule has 9 heavy (non-hydrogen) atoms. The molecule has 0 heterocycles. The van der Waals surface area contributed by atoms with Crippen LogP contribution in [0.1, 0.15) is 13.8 Å². The van der Waals surface area contributed by atoms with Gasteiger partial charge in [0.25, 0.3) is 6.47 Å². The quantitative estimate of drug-likeness (QED) is 0.420. The second-order valence-corrected chi connectivity index (χ2v) is 1.58. The second-order valence-electron chi connectivity index (χ2n) is 1.58. The summed E-state index contributed by atoms with van der Waals surface area (Å²) in [5, 5.41) is 2.35. The van der Waals surface area contributed by atoms with Crippen molar-refractivity contribution in [2.24, 2.45) is 0 Å². The standard InChI is InChI=1S/C5H9NO3/c1-4(8)6-5(2)9-3-7/h3,5H,1-2H3,(H,6,8). The molecular formula is C5H9NO3. The van der Waals surface area contributed by atoms with E-state index in [2.05, 4.69) is 10.1 Å². The normalized spacial score (nSPS) is 11.8. The molecule has 0 aliphatic carbocycles. The molecule has 0 aromatic heterocycles. The van der Waals surface area contributed by atoms with Gasteiger partial charge in [-0.2, -0.15) is 0 Å². The molecule has 4 heteroatoms. The maximum Gasteiger partial charge on any atom is 0.294 e. The van der Waals surface area contributed by atoms with Crippen molar-refractivity contribution in [2.45, 2.75) is 20.1 Å². The van der Waals surface area contributed by atoms with E-state index in [0.29, 0.717) is 6.47 Å². The summed E-state index contributed by atoms with van der Waals surface area (Å²) >= 11 is 0. The minimum absolute atomic E-state index is 0.218. The number of carbonyl (C=O) groups excluding carboxylic acids is 2. The van der Waals surface area contributed by atoms with Gasteiger partial charge in [0.05, 0.1) is 0 Å². The van der Waals surface area contributed by atoms with Gasteiger partial charge in [0.1, 0.15) is 0 Å². The number of hydrogen-bond donors (Lipinski definition) is 1. The Morgan fingerprint density at radius 1 is 1.78 bits per heavy atom. The fourth-order valence-corrected chi connectivity index (χ4v) is 0.404. The summed E-state index contributed by atoms with van der Waals surface area (Å²) < 4.78 is 4.34. The second kappa shape index (κ2) is 3.88. The first-order valence-electron chi connectivity index (χ1n) is 2.53. The zero-order valence-corrected chi connectivity index (χ0v) is 5.38. The van der Waals surface area contributed by atoms with E-state index in [1.165, 1.54) is 6.92 Å². The number of nitrogens with one attached hydrogen (secondary N) is 1. The molecule has 0 aliphatic rings. The van der Waals surface area contributed by atoms with Gasteiger partial charge in [0.2, 0.25) is 5.91 Å². The Morgan fingerprint density at radius 3 is 2.67 bits per heavy atom. The minimum Gasteiger partial charge on any atom is -0.444 e. The van der Waals surface area contributed by atoms with E-state index in [0.717, 1.165) is 0 Å². The van der Waals surface area contributed by atoms with Crippen LogP contribution in [0, 0.1) is 0 Å². The number of rotatable bonds is 3. The van der Waals surface area contributed by atoms with Crippen LogP contribution >= 0.6 is 0 Å². The Morgan fingerprint density at radius 2 is 2.33 bits per heavy atom. The third kappa shape index (κ3) is 4.80. The lowest BCUT2D eigenvalue weighted by Crippen LogP contribution is -2.32. The molecule has 52 valence electrons. The molecule has 0 radical (unpaired) electrons. The summed E-state index contributed by atoms with van der Waals surface area (Å²) in [5.41, 5.74) is 0. The average Bonchev–Trinajstić information content (AvgIpc) is 1.63. The van der Waals surface area contributed by atoms with E-state index in [1.807, 2.05) is 0 Å². The predicted octanol–water partition coefficient (Wildman–Crippen LogP) is -0.359. The highest BCUT2D eigenvalue weighted by Crippen LogP contribution is 1.79. The maximum absolute atomic E-state index is 10.2. The van der Waals surface area contributed by atoms with Crippen LogP contribution in [0.15, 0.2) is 0 Å². The van der Waals surface area contributed by atoms with Crippen LogP contribution in [0.3, 0.4) is 0 Å². The SMILES string of the molecule is CC(=O)NC(C)OC=O. The van der Waals surface area contributed by atoms with Gasteiger partial charge in [0, 0.05) is 6.92 Å². The van der Waals surface area contributed by atoms with Crippen LogP contribution in [-0.4, -0.2) is 18.6 Å². The van der Waals surface area contributed by atoms with Crippen LogP contribution in [-0.2, 0) is 14.3 Å². The van der Waals surface area contributed by atoms with Crippen molar-refractivity contribution in [2.75, 3.05) is 0 Å². The fourth-order valence-electron chi connectivity index (χ4n) is 0.404. The van der Waals surface area contributed by atoms with Gasteiger partial charge in [-0.15, -0.1) is 0 Å². The molecule has 4 nitrogen and oxygen atoms in total. The van der Waals surface area contributed by atoms with E-state index in [-0.39, 0.29) is 5.91 Å². The van der Waals surface area contributed by atoms with Crippen LogP contribution in [0.4, 0.5) is 0 Å². The maximum atomic E-state index is 10.2. The van der Waals surface area contributed by atoms with E-state index in [1.54, 1.807) is 6.92 Å². The van der Waals surface area contributed by atoms with Crippen molar-refractivity contribution in [1.29, 1.82) is 0 Å². The van der Waals surface area contributed by atoms with Crippen LogP contribution in [0.5, 0.6) is 0 Å². The molecular weight excluding hydrogens is 122 g/mol. The lowest BCUT2D eigenvalue weighted by atomic mass is 10.6. The average molecular weight is 131 g/mol. The largest absolute Gasteiger partial charge is 0.444 e. The van der Waals surface area contributed by atoms with Gasteiger partial charge in [-0.05, 0) is 6.92 Å². The fraction of sp³-hybridized carbons (Fsp3) is 0.600. The van der Waals surface area contributed by atoms with Crippen molar-refractivity contribution < 1.29 is 14.3 Å². The van der Waals surface area contributed by atoms with E-state index in [9.17, 15) is 9.59 Å². The highest BCUT2D eigenvalue weighted by molar-refractivity contribution is 5.73. The third-order valence-electron chi connectivity index (χ3n) is 0.666. The molecule has 1 N–H and O–H groups in total. The molecule has 1 amide bonds. The van der Waals surface area contributed by atoms with Crippen molar-refractivity contribution in [1.82, 2.24) is 5.32 Å². The first kappa shape index (κ1) is 7.94. The van der Waals surface area contributed by atoms with Gasteiger partial charge in [-0.25, -0.2) is 0 Å². The van der Waals surface area contributed by atoms with Crippen LogP contribution < -0.4 is 5.32 Å². The molecule has 0 aromatic carbocycles. The third-order valence-corrected chi connectivity index (χ3v) is 0.666. The molecule has 1 unspecified atom stereocenters. The summed E-state index contributed by atoms with van der Waals surface area (Å²) in [6, 6.07) is 0. The van der Waals surface area contributed by atoms with Crippen molar-refractivity contribution in [3.05, 3.63) is 0 Å². The molecule has 0 saturated heterocycles. The molecule has 0 aromatic rings. The Hall–Kier alpha value is -1.06. The summed E-state index contributed by atoms with van der Waals surface area (Å²) in [4.78, 5) is 19.8. The smallest absolute Gasteiger partial charge is 0.294 e. The van der Waals surface area contributed by atoms with E-state index >= 15 is 0 Å². The Kier molecular flexibility index (Phi) is 3.43. The van der Waals surface area contributed by atoms with Gasteiger partial charge in [0.15, 0.2) is 6.23 Å². The number of carbonyl (C=O) groups is 2. The Bertz CT molecular complexity index is 113. The van der Waals surface area contributed by atoms with Gasteiger partial charge in [-0.1, -0.05) is 0 Å². The topological polar surface area (TPSA) is 55.4 Å². The van der Waals surface area contributed by atoms with Gasteiger partial charge < -0.3 is 10.1 Å². The van der Waals surface area contributed by atoms with Crippen molar-refractivity contribution >= 4 is 12.4 Å². The van der Waals surface area contributed by atoms with Gasteiger partial charge in [-0.3, -0.25) is 9.59 Å². The molecule has 0 saturated carbocycles. The summed E-state index contributed by atoms with van der Waals surface area (Å²) in [7, 11) is 0. The number of ether oxygens (including phenoxy) is 1. The highest BCUT2D eigenvalue weighted by Gasteiger charge is 1.99. The van der Waals surface area contributed by atoms with E-state index in [4.69, 9.17) is 0 Å². The van der Waals surface area contributed by atoms with Crippen molar-refractivity contribution in [3.8, 4) is 0 Å². The summed E-state index contributed by atoms with van der Waals surface area (Å²) in [6.45, 7) is 3.21. The zero-order chi connectivity index (χ0) is 7.28. The molecule has 0 rings (SSSR count). The Labute approximate surface area is 53.2 Å². The molecule has 0 bridgehead atoms. The van der Waals surface area contributed by atoms with Crippen molar-refractivity contribution in [3.63, 3.8) is 0 Å². The van der Waals surface area contributed by atoms with Gasteiger partial charge >= 0.3 is 0 Å². The lowest BCUT2D eigenvalue weighted by Gasteiger charge is -2.08. The lowest BCUT2D eigenvalue weighted by molar-refractivity contribution is -0.136. The van der Waals surface area contributed by atoms with E-state index < -0.39 is 6.23 Å². The van der Waals surface area contributed by atoms with Crippen LogP contribution in [0.25, 0.3) is 0 Å². The predicted molar refractivity (Wildman–Crippen MR) is 30.4 cm³/mol. The first-order valence-corrected chi connectivity index (χ1v) is 2.53. The molecule has 0 fully saturated rings. The number of amides is 1. The zero-order valence-electron chi connectivity index (χ0n) is 5.38. The summed E-state index contributed by atoms with van der Waals surface area (Å²) in [5.74, 6) is -0.218. The molecule has 0 spiro atoms. The highest BCUT2D eigenvalue weighted by atomic mass is 16.5. The summed E-state index contributed by atoms with van der Waals surface area (Å²) in [6.07, 6.45) is -0.528. The monoisotopic (exact) mass is 131 g/mol. The first-order chi connectivity index (χ1) is 4.16. The minimum atomic E-state index is -0.528. The molecule has 1 atom stereocenters. The molecule has 0 aliphatic heterocycles.